The maximum absolute atomic E-state index is 13.3. The van der Waals surface area contributed by atoms with Crippen molar-refractivity contribution in [2.45, 2.75) is 50.5 Å². The van der Waals surface area contributed by atoms with Crippen LogP contribution in [0.4, 0.5) is 5.82 Å². The SMILES string of the molecule is CC1=Nc2c(c(=O)[nH]n2[C@H]2CCOC(C)(C)C2)[C@@H](c2cc3ccccc3n(C)c2=O)S1. The van der Waals surface area contributed by atoms with E-state index in [1.165, 1.54) is 11.8 Å². The summed E-state index contributed by atoms with van der Waals surface area (Å²) in [7, 11) is 1.78. The highest BCUT2D eigenvalue weighted by Gasteiger charge is 2.36. The third-order valence-corrected chi connectivity index (χ3v) is 7.39. The largest absolute Gasteiger partial charge is 0.375 e. The normalized spacial score (nSPS) is 22.9. The van der Waals surface area contributed by atoms with E-state index in [0.29, 0.717) is 23.6 Å². The van der Waals surface area contributed by atoms with Gasteiger partial charge in [-0.3, -0.25) is 19.4 Å². The first-order chi connectivity index (χ1) is 14.7. The van der Waals surface area contributed by atoms with Gasteiger partial charge in [0.15, 0.2) is 5.82 Å². The van der Waals surface area contributed by atoms with Crippen LogP contribution in [0, 0.1) is 0 Å². The Labute approximate surface area is 184 Å². The molecule has 2 atom stereocenters. The van der Waals surface area contributed by atoms with Crippen LogP contribution in [-0.4, -0.2) is 31.6 Å². The van der Waals surface area contributed by atoms with E-state index in [1.54, 1.807) is 11.6 Å². The second-order valence-electron chi connectivity index (χ2n) is 8.95. The molecule has 7 nitrogen and oxygen atoms in total. The number of fused-ring (bicyclic) bond motifs is 2. The first-order valence-electron chi connectivity index (χ1n) is 10.5. The molecule has 1 N–H and O–H groups in total. The number of nitrogens with zero attached hydrogens (tertiary/aromatic N) is 3. The van der Waals surface area contributed by atoms with Gasteiger partial charge in [-0.25, -0.2) is 4.99 Å². The van der Waals surface area contributed by atoms with Crippen molar-refractivity contribution in [1.82, 2.24) is 14.3 Å². The minimum atomic E-state index is -0.395. The molecule has 4 heterocycles. The van der Waals surface area contributed by atoms with E-state index in [9.17, 15) is 9.59 Å². The lowest BCUT2D eigenvalue weighted by Gasteiger charge is -2.36. The number of rotatable bonds is 2. The van der Waals surface area contributed by atoms with Crippen LogP contribution < -0.4 is 11.1 Å². The molecule has 1 saturated heterocycles. The Morgan fingerprint density at radius 1 is 1.26 bits per heavy atom. The van der Waals surface area contributed by atoms with Crippen LogP contribution in [0.15, 0.2) is 44.9 Å². The van der Waals surface area contributed by atoms with Gasteiger partial charge < -0.3 is 9.30 Å². The lowest BCUT2D eigenvalue weighted by atomic mass is 9.94. The van der Waals surface area contributed by atoms with Crippen molar-refractivity contribution in [3.05, 3.63) is 62.2 Å². The molecule has 5 rings (SSSR count). The minimum absolute atomic E-state index is 0.0869. The second kappa shape index (κ2) is 7.24. The third kappa shape index (κ3) is 3.38. The highest BCUT2D eigenvalue weighted by Crippen LogP contribution is 2.45. The van der Waals surface area contributed by atoms with Crippen molar-refractivity contribution in [2.75, 3.05) is 6.61 Å². The van der Waals surface area contributed by atoms with Gasteiger partial charge in [-0.05, 0) is 51.1 Å². The summed E-state index contributed by atoms with van der Waals surface area (Å²) in [5, 5.41) is 4.45. The Hall–Kier alpha value is -2.58. The van der Waals surface area contributed by atoms with Gasteiger partial charge in [0.1, 0.15) is 0 Å². The van der Waals surface area contributed by atoms with Crippen LogP contribution in [0.25, 0.3) is 10.9 Å². The molecule has 2 aliphatic rings. The number of nitrogens with one attached hydrogen (secondary N) is 1. The molecule has 0 aliphatic carbocycles. The standard InChI is InChI=1S/C23H26N4O3S/c1-13-24-20-18(21(28)25-27(20)15-9-10-30-23(2,3)12-15)19(31-13)16-11-14-7-5-6-8-17(14)26(4)22(16)29/h5-8,11,15,19H,9-10,12H2,1-4H3,(H,25,28)/t15-,19+/m0/s1. The average Bonchev–Trinajstić information content (AvgIpc) is 3.06. The number of ether oxygens (including phenoxy) is 1. The summed E-state index contributed by atoms with van der Waals surface area (Å²) in [5.41, 5.74) is 1.52. The lowest BCUT2D eigenvalue weighted by Crippen LogP contribution is -2.35. The van der Waals surface area contributed by atoms with Crippen molar-refractivity contribution in [3.63, 3.8) is 0 Å². The highest BCUT2D eigenvalue weighted by atomic mass is 32.2. The van der Waals surface area contributed by atoms with Crippen molar-refractivity contribution in [1.29, 1.82) is 0 Å². The summed E-state index contributed by atoms with van der Waals surface area (Å²) in [6.07, 6.45) is 1.60. The van der Waals surface area contributed by atoms with Gasteiger partial charge >= 0.3 is 0 Å². The van der Waals surface area contributed by atoms with Crippen molar-refractivity contribution >= 4 is 33.5 Å². The van der Waals surface area contributed by atoms with E-state index >= 15 is 0 Å². The Bertz CT molecular complexity index is 1330. The van der Waals surface area contributed by atoms with Gasteiger partial charge in [-0.15, -0.1) is 0 Å². The van der Waals surface area contributed by atoms with Gasteiger partial charge in [0, 0.05) is 19.2 Å². The van der Waals surface area contributed by atoms with E-state index in [0.717, 1.165) is 28.8 Å². The van der Waals surface area contributed by atoms with E-state index in [2.05, 4.69) is 18.9 Å². The predicted octanol–water partition coefficient (Wildman–Crippen LogP) is 4.04. The van der Waals surface area contributed by atoms with Crippen LogP contribution >= 0.6 is 11.8 Å². The molecular formula is C23H26N4O3S. The summed E-state index contributed by atoms with van der Waals surface area (Å²) in [6, 6.07) is 9.83. The minimum Gasteiger partial charge on any atom is -0.375 e. The highest BCUT2D eigenvalue weighted by molar-refractivity contribution is 8.14. The number of hydrogen-bond acceptors (Lipinski definition) is 5. The number of pyridine rings is 1. The molecule has 2 aromatic heterocycles. The van der Waals surface area contributed by atoms with E-state index in [1.807, 2.05) is 41.9 Å². The molecule has 0 unspecified atom stereocenters. The summed E-state index contributed by atoms with van der Waals surface area (Å²) in [4.78, 5) is 31.2. The van der Waals surface area contributed by atoms with E-state index in [4.69, 9.17) is 9.73 Å². The molecule has 2 aliphatic heterocycles. The number of aromatic nitrogens is 3. The number of benzene rings is 1. The van der Waals surface area contributed by atoms with Gasteiger partial charge in [0.05, 0.1) is 33.0 Å². The number of aryl methyl sites for hydroxylation is 1. The quantitative estimate of drug-likeness (QED) is 0.655. The number of hydrogen-bond donors (Lipinski definition) is 1. The Kier molecular flexibility index (Phi) is 4.75. The fourth-order valence-corrected chi connectivity index (χ4v) is 5.85. The first kappa shape index (κ1) is 20.3. The summed E-state index contributed by atoms with van der Waals surface area (Å²) in [6.45, 7) is 6.71. The zero-order chi connectivity index (χ0) is 21.9. The van der Waals surface area contributed by atoms with Crippen molar-refractivity contribution in [2.24, 2.45) is 12.0 Å². The molecule has 1 fully saturated rings. The van der Waals surface area contributed by atoms with Crippen LogP contribution in [0.5, 0.6) is 0 Å². The van der Waals surface area contributed by atoms with Crippen LogP contribution in [0.2, 0.25) is 0 Å². The molecule has 162 valence electrons. The van der Waals surface area contributed by atoms with Crippen LogP contribution in [0.3, 0.4) is 0 Å². The Balaban J connectivity index is 1.68. The molecule has 0 spiro atoms. The van der Waals surface area contributed by atoms with Crippen molar-refractivity contribution in [3.8, 4) is 0 Å². The fourth-order valence-electron chi connectivity index (χ4n) is 4.75. The molecule has 1 aromatic carbocycles. The molecule has 31 heavy (non-hydrogen) atoms. The predicted molar refractivity (Wildman–Crippen MR) is 125 cm³/mol. The van der Waals surface area contributed by atoms with Gasteiger partial charge in [0.2, 0.25) is 0 Å². The summed E-state index contributed by atoms with van der Waals surface area (Å²) in [5.74, 6) is 0.643. The maximum Gasteiger partial charge on any atom is 0.271 e. The van der Waals surface area contributed by atoms with E-state index in [-0.39, 0.29) is 22.8 Å². The molecule has 0 saturated carbocycles. The second-order valence-corrected chi connectivity index (χ2v) is 10.3. The van der Waals surface area contributed by atoms with Gasteiger partial charge in [0.25, 0.3) is 11.1 Å². The van der Waals surface area contributed by atoms with Gasteiger partial charge in [-0.2, -0.15) is 0 Å². The number of aromatic amines is 1. The molecule has 0 radical (unpaired) electrons. The van der Waals surface area contributed by atoms with Gasteiger partial charge in [-0.1, -0.05) is 30.0 Å². The molecule has 8 heteroatoms. The third-order valence-electron chi connectivity index (χ3n) is 6.23. The fraction of sp³-hybridized carbons (Fsp3) is 0.435. The van der Waals surface area contributed by atoms with Crippen LogP contribution in [0.1, 0.15) is 56.0 Å². The maximum atomic E-state index is 13.3. The molecule has 0 amide bonds. The van der Waals surface area contributed by atoms with E-state index < -0.39 is 5.25 Å². The Morgan fingerprint density at radius 3 is 2.81 bits per heavy atom. The Morgan fingerprint density at radius 2 is 2.03 bits per heavy atom. The smallest absolute Gasteiger partial charge is 0.271 e. The molecule has 3 aromatic rings. The molecular weight excluding hydrogens is 412 g/mol. The topological polar surface area (TPSA) is 81.4 Å². The lowest BCUT2D eigenvalue weighted by molar-refractivity contribution is -0.0705. The number of para-hydroxylation sites is 1. The molecule has 0 bridgehead atoms. The van der Waals surface area contributed by atoms with Crippen molar-refractivity contribution < 1.29 is 4.74 Å². The zero-order valence-corrected chi connectivity index (χ0v) is 19.0. The first-order valence-corrected chi connectivity index (χ1v) is 11.4. The number of H-pyrrole nitrogens is 1. The summed E-state index contributed by atoms with van der Waals surface area (Å²) >= 11 is 1.47. The monoisotopic (exact) mass is 438 g/mol. The number of aliphatic imine (C=N–C) groups is 1. The zero-order valence-electron chi connectivity index (χ0n) is 18.1. The van der Waals surface area contributed by atoms with Crippen LogP contribution in [-0.2, 0) is 11.8 Å². The summed E-state index contributed by atoms with van der Waals surface area (Å²) < 4.78 is 9.43. The average molecular weight is 439 g/mol. The number of thioether (sulfide) groups is 1.